The zero-order chi connectivity index (χ0) is 15.7. The number of hydrogen-bond acceptors (Lipinski definition) is 6. The van der Waals surface area contributed by atoms with Gasteiger partial charge in [0.15, 0.2) is 11.7 Å². The van der Waals surface area contributed by atoms with Gasteiger partial charge in [0.05, 0.1) is 17.5 Å². The van der Waals surface area contributed by atoms with Crippen molar-refractivity contribution in [3.63, 3.8) is 0 Å². The molecule has 1 unspecified atom stereocenters. The van der Waals surface area contributed by atoms with Gasteiger partial charge >= 0.3 is 0 Å². The molecule has 0 radical (unpaired) electrons. The Morgan fingerprint density at radius 1 is 1.50 bits per heavy atom. The average molecular weight is 329 g/mol. The van der Waals surface area contributed by atoms with Crippen LogP contribution in [0, 0.1) is 18.3 Å². The van der Waals surface area contributed by atoms with Crippen molar-refractivity contribution in [2.75, 3.05) is 11.1 Å². The molecule has 0 saturated heterocycles. The molecule has 1 aliphatic rings. The van der Waals surface area contributed by atoms with Crippen molar-refractivity contribution in [2.24, 2.45) is 0 Å². The minimum Gasteiger partial charge on any atom is -0.324 e. The molecule has 7 heteroatoms. The maximum Gasteiger partial charge on any atom is 0.234 e. The molecule has 0 fully saturated rings. The fourth-order valence-electron chi connectivity index (χ4n) is 2.13. The number of rotatable bonds is 3. The zero-order valence-electron chi connectivity index (χ0n) is 11.6. The molecular formula is C15H11N3O2S2. The van der Waals surface area contributed by atoms with Crippen LogP contribution in [0.15, 0.2) is 28.5 Å². The number of thioether (sulfide) groups is 1. The molecule has 0 aliphatic carbocycles. The summed E-state index contributed by atoms with van der Waals surface area (Å²) in [4.78, 5) is 29.2. The number of thiazole rings is 1. The van der Waals surface area contributed by atoms with Crippen molar-refractivity contribution in [3.05, 3.63) is 39.8 Å². The number of aryl methyl sites for hydroxylation is 1. The van der Waals surface area contributed by atoms with E-state index in [9.17, 15) is 14.9 Å². The monoisotopic (exact) mass is 329 g/mol. The summed E-state index contributed by atoms with van der Waals surface area (Å²) in [5.74, 6) is -0.929. The number of amides is 1. The maximum absolute atomic E-state index is 12.6. The standard InChI is InChI=1S/C15H11N3O2S2/c1-8-6-22-15(17-8)10(5-16)14(20)9-2-3-12-11(4-9)18-13(19)7-21-12/h2-4,6,10H,7H2,1H3,(H,18,19). The van der Waals surface area contributed by atoms with Crippen molar-refractivity contribution in [3.8, 4) is 6.07 Å². The summed E-state index contributed by atoms with van der Waals surface area (Å²) in [6.45, 7) is 1.82. The van der Waals surface area contributed by atoms with Crippen LogP contribution in [0.25, 0.3) is 0 Å². The van der Waals surface area contributed by atoms with Crippen LogP contribution < -0.4 is 5.32 Å². The molecule has 0 saturated carbocycles. The first-order valence-corrected chi connectivity index (χ1v) is 8.37. The van der Waals surface area contributed by atoms with Crippen molar-refractivity contribution in [1.29, 1.82) is 5.26 Å². The average Bonchev–Trinajstić information content (AvgIpc) is 2.93. The van der Waals surface area contributed by atoms with Crippen LogP contribution in [-0.4, -0.2) is 22.4 Å². The van der Waals surface area contributed by atoms with Gasteiger partial charge in [0.25, 0.3) is 0 Å². The number of nitriles is 1. The molecule has 0 bridgehead atoms. The normalized spacial score (nSPS) is 14.6. The highest BCUT2D eigenvalue weighted by Gasteiger charge is 2.26. The lowest BCUT2D eigenvalue weighted by Crippen LogP contribution is -2.19. The van der Waals surface area contributed by atoms with E-state index in [4.69, 9.17) is 0 Å². The molecule has 2 heterocycles. The minimum atomic E-state index is -0.913. The van der Waals surface area contributed by atoms with Crippen LogP contribution >= 0.6 is 23.1 Å². The quantitative estimate of drug-likeness (QED) is 0.875. The summed E-state index contributed by atoms with van der Waals surface area (Å²) in [6, 6.07) is 7.15. The summed E-state index contributed by atoms with van der Waals surface area (Å²) >= 11 is 2.74. The van der Waals surface area contributed by atoms with Crippen molar-refractivity contribution in [2.45, 2.75) is 17.7 Å². The van der Waals surface area contributed by atoms with Crippen LogP contribution in [-0.2, 0) is 4.79 Å². The Morgan fingerprint density at radius 3 is 3.00 bits per heavy atom. The lowest BCUT2D eigenvalue weighted by Gasteiger charge is -2.17. The van der Waals surface area contributed by atoms with E-state index in [1.54, 1.807) is 18.2 Å². The fraction of sp³-hybridized carbons (Fsp3) is 0.200. The van der Waals surface area contributed by atoms with Crippen LogP contribution in [0.2, 0.25) is 0 Å². The minimum absolute atomic E-state index is 0.0884. The Kier molecular flexibility index (Phi) is 3.96. The van der Waals surface area contributed by atoms with Crippen LogP contribution in [0.3, 0.4) is 0 Å². The third kappa shape index (κ3) is 2.75. The smallest absolute Gasteiger partial charge is 0.234 e. The molecule has 1 atom stereocenters. The molecule has 3 rings (SSSR count). The Morgan fingerprint density at radius 2 is 2.32 bits per heavy atom. The van der Waals surface area contributed by atoms with E-state index < -0.39 is 5.92 Å². The summed E-state index contributed by atoms with van der Waals surface area (Å²) in [5, 5.41) is 14.4. The number of ketones is 1. The second-order valence-corrected chi connectivity index (χ2v) is 6.71. The molecule has 0 spiro atoms. The van der Waals surface area contributed by atoms with E-state index >= 15 is 0 Å². The first kappa shape index (κ1) is 14.8. The second kappa shape index (κ2) is 5.91. The molecule has 1 amide bonds. The molecule has 1 N–H and O–H groups in total. The topological polar surface area (TPSA) is 82.9 Å². The lowest BCUT2D eigenvalue weighted by molar-refractivity contribution is -0.113. The van der Waals surface area contributed by atoms with Gasteiger partial charge < -0.3 is 5.32 Å². The van der Waals surface area contributed by atoms with Crippen LogP contribution in [0.1, 0.15) is 27.0 Å². The Hall–Kier alpha value is -2.17. The molecule has 1 aromatic carbocycles. The van der Waals surface area contributed by atoms with Gasteiger partial charge in [-0.25, -0.2) is 4.98 Å². The van der Waals surface area contributed by atoms with E-state index in [0.717, 1.165) is 10.6 Å². The van der Waals surface area contributed by atoms with E-state index in [1.807, 2.05) is 18.4 Å². The van der Waals surface area contributed by atoms with Crippen LogP contribution in [0.5, 0.6) is 0 Å². The molecule has 110 valence electrons. The first-order valence-electron chi connectivity index (χ1n) is 6.51. The predicted molar refractivity (Wildman–Crippen MR) is 85.3 cm³/mol. The lowest BCUT2D eigenvalue weighted by atomic mass is 9.99. The summed E-state index contributed by atoms with van der Waals surface area (Å²) in [7, 11) is 0. The predicted octanol–water partition coefficient (Wildman–Crippen LogP) is 2.99. The molecule has 1 aromatic heterocycles. The number of anilines is 1. The van der Waals surface area contributed by atoms with E-state index in [-0.39, 0.29) is 11.7 Å². The number of carbonyl (C=O) groups excluding carboxylic acids is 2. The summed E-state index contributed by atoms with van der Waals surface area (Å²) in [6.07, 6.45) is 0. The fourth-order valence-corrected chi connectivity index (χ4v) is 3.76. The maximum atomic E-state index is 12.6. The number of carbonyl (C=O) groups is 2. The number of aromatic nitrogens is 1. The number of nitrogens with one attached hydrogen (secondary N) is 1. The molecule has 1 aliphatic heterocycles. The molecule has 22 heavy (non-hydrogen) atoms. The molecule has 5 nitrogen and oxygen atoms in total. The number of fused-ring (bicyclic) bond motifs is 1. The largest absolute Gasteiger partial charge is 0.324 e. The van der Waals surface area contributed by atoms with Crippen LogP contribution in [0.4, 0.5) is 5.69 Å². The second-order valence-electron chi connectivity index (χ2n) is 4.80. The third-order valence-electron chi connectivity index (χ3n) is 3.17. The molecule has 2 aromatic rings. The number of nitrogens with zero attached hydrogens (tertiary/aromatic N) is 2. The Balaban J connectivity index is 1.93. The van der Waals surface area contributed by atoms with Crippen molar-refractivity contribution >= 4 is 40.5 Å². The SMILES string of the molecule is Cc1csc(C(C#N)C(=O)c2ccc3c(c2)NC(=O)CS3)n1. The Labute approximate surface area is 135 Å². The first-order chi connectivity index (χ1) is 10.6. The Bertz CT molecular complexity index is 807. The van der Waals surface area contributed by atoms with E-state index in [2.05, 4.69) is 10.3 Å². The number of benzene rings is 1. The summed E-state index contributed by atoms with van der Waals surface area (Å²) < 4.78 is 0. The molecular weight excluding hydrogens is 318 g/mol. The van der Waals surface area contributed by atoms with Gasteiger partial charge in [-0.15, -0.1) is 23.1 Å². The summed E-state index contributed by atoms with van der Waals surface area (Å²) in [5.41, 5.74) is 1.82. The van der Waals surface area contributed by atoms with Gasteiger partial charge in [-0.05, 0) is 19.1 Å². The number of hydrogen-bond donors (Lipinski definition) is 1. The highest BCUT2D eigenvalue weighted by atomic mass is 32.2. The van der Waals surface area contributed by atoms with Gasteiger partial charge in [-0.3, -0.25) is 9.59 Å². The van der Waals surface area contributed by atoms with Gasteiger partial charge in [0, 0.05) is 21.5 Å². The van der Waals surface area contributed by atoms with Crippen molar-refractivity contribution in [1.82, 2.24) is 4.98 Å². The van der Waals surface area contributed by atoms with Gasteiger partial charge in [0.2, 0.25) is 5.91 Å². The van der Waals surface area contributed by atoms with Gasteiger partial charge in [0.1, 0.15) is 5.01 Å². The van der Waals surface area contributed by atoms with Gasteiger partial charge in [-0.2, -0.15) is 5.26 Å². The highest BCUT2D eigenvalue weighted by molar-refractivity contribution is 8.00. The zero-order valence-corrected chi connectivity index (χ0v) is 13.3. The third-order valence-corrected chi connectivity index (χ3v) is 5.27. The van der Waals surface area contributed by atoms with Crippen molar-refractivity contribution < 1.29 is 9.59 Å². The van der Waals surface area contributed by atoms with E-state index in [1.165, 1.54) is 23.1 Å². The van der Waals surface area contributed by atoms with E-state index in [0.29, 0.717) is 22.0 Å². The highest BCUT2D eigenvalue weighted by Crippen LogP contribution is 2.33. The number of Topliss-reactive ketones (excluding diaryl/α,β-unsaturated/α-hetero) is 1. The van der Waals surface area contributed by atoms with Gasteiger partial charge in [-0.1, -0.05) is 6.07 Å².